The van der Waals surface area contributed by atoms with E-state index < -0.39 is 29.0 Å². The number of hydrogen-bond donors (Lipinski definition) is 1. The number of aliphatic hydroxyl groups is 1. The zero-order chi connectivity index (χ0) is 19.6. The fraction of sp³-hybridized carbons (Fsp3) is 0.211. The van der Waals surface area contributed by atoms with Crippen molar-refractivity contribution >= 4 is 11.6 Å². The summed E-state index contributed by atoms with van der Waals surface area (Å²) in [6, 6.07) is 6.04. The molecule has 27 heavy (non-hydrogen) atoms. The molecule has 2 heterocycles. The van der Waals surface area contributed by atoms with Gasteiger partial charge in [0, 0.05) is 30.2 Å². The first-order valence-corrected chi connectivity index (χ1v) is 8.43. The Hall–Kier alpha value is -2.51. The van der Waals surface area contributed by atoms with Gasteiger partial charge in [0.1, 0.15) is 28.7 Å². The van der Waals surface area contributed by atoms with Crippen LogP contribution in [0.1, 0.15) is 29.7 Å². The Morgan fingerprint density at radius 2 is 1.93 bits per heavy atom. The molecule has 0 aliphatic rings. The minimum Gasteiger partial charge on any atom is -0.384 e. The second-order valence-corrected chi connectivity index (χ2v) is 6.51. The van der Waals surface area contributed by atoms with Gasteiger partial charge in [-0.15, -0.1) is 0 Å². The Morgan fingerprint density at radius 3 is 2.59 bits per heavy atom. The molecule has 140 valence electrons. The van der Waals surface area contributed by atoms with E-state index in [-0.39, 0.29) is 22.8 Å². The van der Waals surface area contributed by atoms with Crippen molar-refractivity contribution in [1.29, 1.82) is 0 Å². The summed E-state index contributed by atoms with van der Waals surface area (Å²) in [6.45, 7) is 1.50. The van der Waals surface area contributed by atoms with E-state index in [4.69, 9.17) is 11.6 Å². The van der Waals surface area contributed by atoms with Gasteiger partial charge in [-0.3, -0.25) is 0 Å². The number of benzene rings is 1. The zero-order valence-electron chi connectivity index (χ0n) is 14.2. The standard InChI is InChI=1S/C19H15ClF3N3O/c1-11(17-16(23)9-24-10-26-17)19(27,8-12-3-2-6-25-18(12)20)14-5-4-13(21)7-15(14)22/h2-7,9-11,27H,8H2,1H3/t11-,19+/m0/s1. The number of pyridine rings is 1. The minimum atomic E-state index is -1.97. The van der Waals surface area contributed by atoms with Crippen LogP contribution in [0.3, 0.4) is 0 Å². The Balaban J connectivity index is 2.16. The van der Waals surface area contributed by atoms with Crippen LogP contribution in [0.2, 0.25) is 5.15 Å². The summed E-state index contributed by atoms with van der Waals surface area (Å²) in [5.41, 5.74) is -1.85. The maximum atomic E-state index is 14.6. The van der Waals surface area contributed by atoms with Crippen LogP contribution in [0, 0.1) is 17.5 Å². The van der Waals surface area contributed by atoms with Gasteiger partial charge < -0.3 is 5.11 Å². The fourth-order valence-electron chi connectivity index (χ4n) is 3.03. The van der Waals surface area contributed by atoms with Crippen LogP contribution in [-0.2, 0) is 12.0 Å². The van der Waals surface area contributed by atoms with Gasteiger partial charge in [-0.25, -0.2) is 28.1 Å². The summed E-state index contributed by atoms with van der Waals surface area (Å²) in [6.07, 6.45) is 3.37. The molecular formula is C19H15ClF3N3O. The maximum Gasteiger partial charge on any atom is 0.163 e. The second-order valence-electron chi connectivity index (χ2n) is 6.16. The molecule has 3 aromatic rings. The molecule has 0 saturated heterocycles. The van der Waals surface area contributed by atoms with Gasteiger partial charge in [-0.05, 0) is 17.7 Å². The molecule has 0 radical (unpaired) electrons. The first-order valence-electron chi connectivity index (χ1n) is 8.05. The highest BCUT2D eigenvalue weighted by atomic mass is 35.5. The maximum absolute atomic E-state index is 14.6. The third-order valence-corrected chi connectivity index (χ3v) is 4.86. The van der Waals surface area contributed by atoms with Gasteiger partial charge in [0.2, 0.25) is 0 Å². The quantitative estimate of drug-likeness (QED) is 0.661. The lowest BCUT2D eigenvalue weighted by Crippen LogP contribution is -2.37. The predicted octanol–water partition coefficient (Wildman–Crippen LogP) is 4.18. The highest BCUT2D eigenvalue weighted by Gasteiger charge is 2.41. The molecule has 1 N–H and O–H groups in total. The van der Waals surface area contributed by atoms with Crippen molar-refractivity contribution in [1.82, 2.24) is 15.0 Å². The van der Waals surface area contributed by atoms with E-state index in [2.05, 4.69) is 15.0 Å². The summed E-state index contributed by atoms with van der Waals surface area (Å²) in [4.78, 5) is 11.4. The molecule has 0 bridgehead atoms. The first kappa shape index (κ1) is 19.3. The average Bonchev–Trinajstić information content (AvgIpc) is 2.63. The number of hydrogen-bond acceptors (Lipinski definition) is 4. The van der Waals surface area contributed by atoms with E-state index in [9.17, 15) is 18.3 Å². The molecule has 1 aromatic carbocycles. The molecule has 0 saturated carbocycles. The van der Waals surface area contributed by atoms with E-state index in [1.54, 1.807) is 12.1 Å². The summed E-state index contributed by atoms with van der Waals surface area (Å²) >= 11 is 6.09. The molecule has 2 atom stereocenters. The Bertz CT molecular complexity index is 972. The van der Waals surface area contributed by atoms with Crippen molar-refractivity contribution in [2.75, 3.05) is 0 Å². The van der Waals surface area contributed by atoms with E-state index in [1.807, 2.05) is 0 Å². The molecule has 0 spiro atoms. The first-order chi connectivity index (χ1) is 12.8. The highest BCUT2D eigenvalue weighted by Crippen LogP contribution is 2.41. The van der Waals surface area contributed by atoms with Gasteiger partial charge in [0.05, 0.1) is 11.9 Å². The molecule has 0 amide bonds. The number of halogens is 4. The van der Waals surface area contributed by atoms with E-state index in [1.165, 1.54) is 13.1 Å². The minimum absolute atomic E-state index is 0.101. The number of nitrogens with zero attached hydrogens (tertiary/aromatic N) is 3. The van der Waals surface area contributed by atoms with Crippen molar-refractivity contribution in [3.8, 4) is 0 Å². The monoisotopic (exact) mass is 393 g/mol. The lowest BCUT2D eigenvalue weighted by atomic mass is 9.76. The topological polar surface area (TPSA) is 58.9 Å². The van der Waals surface area contributed by atoms with Crippen molar-refractivity contribution < 1.29 is 18.3 Å². The molecule has 0 unspecified atom stereocenters. The zero-order valence-corrected chi connectivity index (χ0v) is 15.0. The molecular weight excluding hydrogens is 379 g/mol. The van der Waals surface area contributed by atoms with Gasteiger partial charge in [-0.2, -0.15) is 0 Å². The Labute approximate surface area is 158 Å². The molecule has 0 aliphatic heterocycles. The molecule has 0 fully saturated rings. The Kier molecular flexibility index (Phi) is 5.43. The number of rotatable bonds is 5. The summed E-state index contributed by atoms with van der Waals surface area (Å²) < 4.78 is 42.2. The largest absolute Gasteiger partial charge is 0.384 e. The highest BCUT2D eigenvalue weighted by molar-refractivity contribution is 6.30. The van der Waals surface area contributed by atoms with Gasteiger partial charge in [0.25, 0.3) is 0 Å². The van der Waals surface area contributed by atoms with E-state index in [0.29, 0.717) is 11.6 Å². The van der Waals surface area contributed by atoms with Crippen LogP contribution >= 0.6 is 11.6 Å². The summed E-state index contributed by atoms with van der Waals surface area (Å²) in [5, 5.41) is 11.6. The van der Waals surface area contributed by atoms with Gasteiger partial charge >= 0.3 is 0 Å². The van der Waals surface area contributed by atoms with Crippen molar-refractivity contribution in [3.05, 3.63) is 88.5 Å². The van der Waals surface area contributed by atoms with Gasteiger partial charge in [-0.1, -0.05) is 30.7 Å². The van der Waals surface area contributed by atoms with Crippen molar-refractivity contribution in [2.24, 2.45) is 0 Å². The second kappa shape index (κ2) is 7.62. The Morgan fingerprint density at radius 1 is 1.15 bits per heavy atom. The average molecular weight is 394 g/mol. The van der Waals surface area contributed by atoms with E-state index >= 15 is 0 Å². The normalized spacial score (nSPS) is 14.6. The predicted molar refractivity (Wildman–Crippen MR) is 93.6 cm³/mol. The molecule has 0 aliphatic carbocycles. The smallest absolute Gasteiger partial charge is 0.163 e. The van der Waals surface area contributed by atoms with Crippen LogP contribution in [0.25, 0.3) is 0 Å². The van der Waals surface area contributed by atoms with Crippen LogP contribution in [0.5, 0.6) is 0 Å². The molecule has 8 heteroatoms. The molecule has 2 aromatic heterocycles. The van der Waals surface area contributed by atoms with Crippen LogP contribution in [-0.4, -0.2) is 20.1 Å². The van der Waals surface area contributed by atoms with Crippen molar-refractivity contribution in [2.45, 2.75) is 24.9 Å². The summed E-state index contributed by atoms with van der Waals surface area (Å²) in [5.74, 6) is -3.50. The van der Waals surface area contributed by atoms with Crippen LogP contribution in [0.15, 0.2) is 49.1 Å². The van der Waals surface area contributed by atoms with E-state index in [0.717, 1.165) is 24.7 Å². The third kappa shape index (κ3) is 3.79. The molecule has 3 rings (SSSR count). The fourth-order valence-corrected chi connectivity index (χ4v) is 3.22. The lowest BCUT2D eigenvalue weighted by Gasteiger charge is -2.35. The SMILES string of the molecule is C[C@@H](c1ncncc1F)[C@](O)(Cc1cccnc1Cl)c1ccc(F)cc1F. The number of aromatic nitrogens is 3. The van der Waals surface area contributed by atoms with Crippen LogP contribution < -0.4 is 0 Å². The molecule has 4 nitrogen and oxygen atoms in total. The third-order valence-electron chi connectivity index (χ3n) is 4.52. The lowest BCUT2D eigenvalue weighted by molar-refractivity contribution is 0.00676. The summed E-state index contributed by atoms with van der Waals surface area (Å²) in [7, 11) is 0. The van der Waals surface area contributed by atoms with Crippen LogP contribution in [0.4, 0.5) is 13.2 Å². The van der Waals surface area contributed by atoms with Crippen molar-refractivity contribution in [3.63, 3.8) is 0 Å². The van der Waals surface area contributed by atoms with Gasteiger partial charge in [0.15, 0.2) is 5.82 Å².